The molecule has 0 spiro atoms. The van der Waals surface area contributed by atoms with E-state index in [1.54, 1.807) is 23.0 Å². The number of aromatic carboxylic acids is 1. The van der Waals surface area contributed by atoms with E-state index >= 15 is 0 Å². The molecular weight excluding hydrogens is 312 g/mol. The number of aromatic nitrogens is 3. The summed E-state index contributed by atoms with van der Waals surface area (Å²) in [7, 11) is 0. The van der Waals surface area contributed by atoms with E-state index in [1.807, 2.05) is 22.9 Å². The molecule has 0 aromatic heterocycles. The van der Waals surface area contributed by atoms with Crippen LogP contribution in [-0.2, 0) is 4.79 Å². The Balaban J connectivity index is 1.36. The van der Waals surface area contributed by atoms with E-state index in [1.165, 1.54) is 12.1 Å². The number of hydrogen-bond donors (Lipinski definition) is 2. The lowest BCUT2D eigenvalue weighted by atomic mass is 10.2. The number of nitrogens with zero attached hydrogens (tertiary/aromatic N) is 3. The average Bonchev–Trinajstić information content (AvgIpc) is 3.45. The van der Waals surface area contributed by atoms with Gasteiger partial charge < -0.3 is 15.2 Å². The van der Waals surface area contributed by atoms with Crippen molar-refractivity contribution in [1.82, 2.24) is 14.6 Å². The molecule has 0 saturated carbocycles. The maximum atomic E-state index is 11.9. The van der Waals surface area contributed by atoms with E-state index in [4.69, 9.17) is 9.84 Å². The fourth-order valence-electron chi connectivity index (χ4n) is 2.25. The number of fused-ring (bicyclic) bond motifs is 1. The third-order valence-corrected chi connectivity index (χ3v) is 3.49. The maximum Gasteiger partial charge on any atom is 0.335 e. The average molecular weight is 324 g/mol. The van der Waals surface area contributed by atoms with Crippen LogP contribution < -0.4 is 10.1 Å². The summed E-state index contributed by atoms with van der Waals surface area (Å²) >= 11 is 0. The number of carbonyl (C=O) groups is 2. The molecule has 2 aromatic carbocycles. The molecule has 0 unspecified atom stereocenters. The molecule has 0 saturated heterocycles. The molecule has 2 N–H and O–H groups in total. The van der Waals surface area contributed by atoms with E-state index in [0.29, 0.717) is 11.4 Å². The molecule has 24 heavy (non-hydrogen) atoms. The Hall–Kier alpha value is -3.55. The van der Waals surface area contributed by atoms with Gasteiger partial charge in [-0.15, -0.1) is 9.90 Å². The quantitative estimate of drug-likeness (QED) is 0.562. The largest absolute Gasteiger partial charge is 0.484 e. The minimum atomic E-state index is -1.05. The van der Waals surface area contributed by atoms with Crippen molar-refractivity contribution in [3.8, 4) is 17.4 Å². The van der Waals surface area contributed by atoms with Crippen molar-refractivity contribution in [1.29, 1.82) is 0 Å². The summed E-state index contributed by atoms with van der Waals surface area (Å²) in [5.41, 5.74) is 1.44. The summed E-state index contributed by atoms with van der Waals surface area (Å²) in [5, 5.41) is 15.5. The van der Waals surface area contributed by atoms with Crippen LogP contribution in [0.3, 0.4) is 0 Å². The van der Waals surface area contributed by atoms with Gasteiger partial charge in [0.05, 0.1) is 11.3 Å². The molecule has 4 rings (SSSR count). The van der Waals surface area contributed by atoms with Gasteiger partial charge in [-0.05, 0) is 30.3 Å². The van der Waals surface area contributed by atoms with Crippen molar-refractivity contribution in [3.05, 3.63) is 54.1 Å². The molecule has 0 fully saturated rings. The molecule has 0 atom stereocenters. The molecule has 2 heterocycles. The van der Waals surface area contributed by atoms with Gasteiger partial charge in [-0.25, -0.2) is 4.79 Å². The first-order valence-electron chi connectivity index (χ1n) is 7.17. The zero-order chi connectivity index (χ0) is 16.7. The standard InChI is InChI=1S/C16H12N4O4/c21-14(17-11-4-1-3-10(7-11)15(22)23)9-24-13-6-2-5-12(8-13)19-16-18-20(16)19/h1-8H,9H2,(H,17,21)(H,22,23). The van der Waals surface area contributed by atoms with Gasteiger partial charge in [-0.3, -0.25) is 4.79 Å². The molecule has 2 aromatic rings. The summed E-state index contributed by atoms with van der Waals surface area (Å²) in [4.78, 5) is 24.6. The number of amides is 1. The molecule has 8 heteroatoms. The normalized spacial score (nSPS) is 11.2. The predicted molar refractivity (Wildman–Crippen MR) is 84.0 cm³/mol. The highest BCUT2D eigenvalue weighted by molar-refractivity contribution is 5.94. The van der Waals surface area contributed by atoms with E-state index in [9.17, 15) is 9.59 Å². The fourth-order valence-corrected chi connectivity index (χ4v) is 2.25. The smallest absolute Gasteiger partial charge is 0.335 e. The number of carbonyl (C=O) groups excluding carboxylic acids is 1. The van der Waals surface area contributed by atoms with Crippen molar-refractivity contribution in [3.63, 3.8) is 0 Å². The topological polar surface area (TPSA) is 98.4 Å². The van der Waals surface area contributed by atoms with Crippen LogP contribution in [0, 0.1) is 0 Å². The van der Waals surface area contributed by atoms with Crippen LogP contribution >= 0.6 is 0 Å². The molecule has 0 aliphatic carbocycles. The van der Waals surface area contributed by atoms with Gasteiger partial charge in [-0.2, -0.15) is 4.68 Å². The van der Waals surface area contributed by atoms with E-state index in [-0.39, 0.29) is 18.1 Å². The van der Waals surface area contributed by atoms with Crippen LogP contribution in [0.1, 0.15) is 10.4 Å². The number of benzene rings is 2. The van der Waals surface area contributed by atoms with Crippen LogP contribution in [0.2, 0.25) is 0 Å². The van der Waals surface area contributed by atoms with Crippen LogP contribution in [-0.4, -0.2) is 38.2 Å². The fraction of sp³-hybridized carbons (Fsp3) is 0.0625. The SMILES string of the molecule is O=C(COc1cccc(-n2c3nn2-3)c1)Nc1cccc(C(=O)O)c1. The Morgan fingerprint density at radius 2 is 1.96 bits per heavy atom. The Morgan fingerprint density at radius 3 is 2.67 bits per heavy atom. The number of carboxylic acids is 1. The lowest BCUT2D eigenvalue weighted by molar-refractivity contribution is -0.118. The molecule has 0 radical (unpaired) electrons. The molecule has 2 aliphatic heterocycles. The minimum Gasteiger partial charge on any atom is -0.484 e. The second-order valence-corrected chi connectivity index (χ2v) is 5.22. The van der Waals surface area contributed by atoms with Crippen LogP contribution in [0.25, 0.3) is 11.6 Å². The Morgan fingerprint density at radius 1 is 1.17 bits per heavy atom. The first-order valence-corrected chi connectivity index (χ1v) is 7.17. The van der Waals surface area contributed by atoms with Gasteiger partial charge in [0.1, 0.15) is 5.75 Å². The summed E-state index contributed by atoms with van der Waals surface area (Å²) in [6.45, 7) is -0.175. The third-order valence-electron chi connectivity index (χ3n) is 3.49. The molecule has 120 valence electrons. The Labute approximate surface area is 135 Å². The monoisotopic (exact) mass is 324 g/mol. The number of nitrogens with one attached hydrogen (secondary N) is 1. The predicted octanol–water partition coefficient (Wildman–Crippen LogP) is 1.69. The van der Waals surface area contributed by atoms with Crippen molar-refractivity contribution >= 4 is 17.6 Å². The van der Waals surface area contributed by atoms with Gasteiger partial charge in [0.15, 0.2) is 6.61 Å². The van der Waals surface area contributed by atoms with Crippen LogP contribution in [0.4, 0.5) is 5.69 Å². The van der Waals surface area contributed by atoms with Gasteiger partial charge >= 0.3 is 5.97 Å². The Bertz CT molecular complexity index is 942. The second-order valence-electron chi connectivity index (χ2n) is 5.22. The molecule has 2 aliphatic rings. The van der Waals surface area contributed by atoms with Crippen molar-refractivity contribution in [2.24, 2.45) is 0 Å². The van der Waals surface area contributed by atoms with Gasteiger partial charge in [0.25, 0.3) is 11.9 Å². The van der Waals surface area contributed by atoms with E-state index in [0.717, 1.165) is 11.6 Å². The van der Waals surface area contributed by atoms with E-state index < -0.39 is 5.97 Å². The zero-order valence-electron chi connectivity index (χ0n) is 12.3. The number of ether oxygens (including phenoxy) is 1. The number of anilines is 1. The van der Waals surface area contributed by atoms with Crippen LogP contribution in [0.5, 0.6) is 5.75 Å². The van der Waals surface area contributed by atoms with Crippen molar-refractivity contribution in [2.45, 2.75) is 0 Å². The first-order chi connectivity index (χ1) is 11.6. The van der Waals surface area contributed by atoms with Crippen molar-refractivity contribution in [2.75, 3.05) is 11.9 Å². The van der Waals surface area contributed by atoms with Gasteiger partial charge in [0, 0.05) is 11.8 Å². The zero-order valence-corrected chi connectivity index (χ0v) is 12.3. The minimum absolute atomic E-state index is 0.108. The summed E-state index contributed by atoms with van der Waals surface area (Å²) < 4.78 is 7.38. The number of carboxylic acid groups (broad SMARTS) is 1. The summed E-state index contributed by atoms with van der Waals surface area (Å²) in [5.74, 6) is 0.0662. The number of rotatable bonds is 6. The Kier molecular flexibility index (Phi) is 3.09. The van der Waals surface area contributed by atoms with Gasteiger partial charge in [-0.1, -0.05) is 12.1 Å². The number of hydrogen-bond acceptors (Lipinski definition) is 4. The second kappa shape index (κ2) is 5.27. The highest BCUT2D eigenvalue weighted by Gasteiger charge is 2.35. The molecule has 1 amide bonds. The summed E-state index contributed by atoms with van der Waals surface area (Å²) in [6, 6.07) is 13.4. The molecule has 8 nitrogen and oxygen atoms in total. The lowest BCUT2D eigenvalue weighted by Crippen LogP contribution is -2.20. The first kappa shape index (κ1) is 14.1. The highest BCUT2D eigenvalue weighted by Crippen LogP contribution is 2.30. The maximum absolute atomic E-state index is 11.9. The summed E-state index contributed by atoms with van der Waals surface area (Å²) in [6.07, 6.45) is 0. The van der Waals surface area contributed by atoms with Gasteiger partial charge in [0.2, 0.25) is 0 Å². The lowest BCUT2D eigenvalue weighted by Gasteiger charge is -2.08. The van der Waals surface area contributed by atoms with Crippen molar-refractivity contribution < 1.29 is 19.4 Å². The van der Waals surface area contributed by atoms with E-state index in [2.05, 4.69) is 10.4 Å². The highest BCUT2D eigenvalue weighted by atomic mass is 16.5. The molecular formula is C16H12N4O4. The van der Waals surface area contributed by atoms with Crippen LogP contribution in [0.15, 0.2) is 48.5 Å². The third kappa shape index (κ3) is 2.72. The molecule has 0 bridgehead atoms.